The average molecular weight is 323 g/mol. The molecule has 0 bridgehead atoms. The second-order valence-corrected chi connectivity index (χ2v) is 4.92. The number of hydrogen-bond donors (Lipinski definition) is 1. The Hall–Kier alpha value is -2.70. The molecular formula is C16H12F3NO3. The van der Waals surface area contributed by atoms with E-state index >= 15 is 0 Å². The zero-order chi connectivity index (χ0) is 17.0. The molecule has 0 spiro atoms. The lowest BCUT2D eigenvalue weighted by Gasteiger charge is -2.09. The van der Waals surface area contributed by atoms with Crippen molar-refractivity contribution < 1.29 is 27.6 Å². The highest BCUT2D eigenvalue weighted by Gasteiger charge is 2.38. The Morgan fingerprint density at radius 2 is 1.65 bits per heavy atom. The zero-order valence-electron chi connectivity index (χ0n) is 11.8. The fourth-order valence-corrected chi connectivity index (χ4v) is 1.99. The first-order chi connectivity index (χ1) is 10.8. The number of ketones is 2. The van der Waals surface area contributed by atoms with Gasteiger partial charge in [0.2, 0.25) is 0 Å². The van der Waals surface area contributed by atoms with Crippen molar-refractivity contribution in [1.29, 1.82) is 0 Å². The Morgan fingerprint density at radius 3 is 2.26 bits per heavy atom. The molecule has 7 heteroatoms. The van der Waals surface area contributed by atoms with Crippen LogP contribution in [0.5, 0.6) is 0 Å². The van der Waals surface area contributed by atoms with Gasteiger partial charge >= 0.3 is 12.1 Å². The van der Waals surface area contributed by atoms with Crippen molar-refractivity contribution in [3.8, 4) is 0 Å². The Bertz CT molecular complexity index is 700. The van der Waals surface area contributed by atoms with Crippen LogP contribution < -0.4 is 5.32 Å². The molecule has 0 aromatic heterocycles. The molecule has 23 heavy (non-hydrogen) atoms. The number of aryl methyl sites for hydroxylation is 1. The van der Waals surface area contributed by atoms with Gasteiger partial charge in [-0.2, -0.15) is 13.2 Å². The maximum Gasteiger partial charge on any atom is 0.471 e. The van der Waals surface area contributed by atoms with E-state index in [9.17, 15) is 27.6 Å². The first-order valence-electron chi connectivity index (χ1n) is 6.70. The fourth-order valence-electron chi connectivity index (χ4n) is 1.99. The third kappa shape index (κ3) is 4.64. The summed E-state index contributed by atoms with van der Waals surface area (Å²) in [5.74, 6) is -2.50. The van der Waals surface area contributed by atoms with E-state index in [0.29, 0.717) is 18.4 Å². The topological polar surface area (TPSA) is 63.2 Å². The Labute approximate surface area is 129 Å². The van der Waals surface area contributed by atoms with Crippen LogP contribution in [-0.4, -0.2) is 23.6 Å². The number of alkyl halides is 3. The lowest BCUT2D eigenvalue weighted by molar-refractivity contribution is -0.167. The van der Waals surface area contributed by atoms with Gasteiger partial charge in [-0.25, -0.2) is 0 Å². The molecule has 0 atom stereocenters. The van der Waals surface area contributed by atoms with E-state index < -0.39 is 12.1 Å². The molecule has 1 N–H and O–H groups in total. The molecule has 2 rings (SSSR count). The molecule has 4 nitrogen and oxygen atoms in total. The number of amides is 1. The van der Waals surface area contributed by atoms with Crippen LogP contribution in [0.3, 0.4) is 0 Å². The van der Waals surface area contributed by atoms with Crippen LogP contribution in [0.1, 0.15) is 12.0 Å². The van der Waals surface area contributed by atoms with Crippen LogP contribution in [0.2, 0.25) is 0 Å². The predicted octanol–water partition coefficient (Wildman–Crippen LogP) is 2.75. The molecule has 120 valence electrons. The number of anilines is 1. The first kappa shape index (κ1) is 16.7. The van der Waals surface area contributed by atoms with Gasteiger partial charge in [-0.15, -0.1) is 0 Å². The highest BCUT2D eigenvalue weighted by atomic mass is 19.4. The van der Waals surface area contributed by atoms with Crippen LogP contribution in [-0.2, 0) is 20.8 Å². The number of carbonyl (C=O) groups excluding carboxylic acids is 3. The second kappa shape index (κ2) is 6.60. The number of halogens is 3. The molecule has 1 amide bonds. The first-order valence-corrected chi connectivity index (χ1v) is 6.70. The molecule has 0 saturated heterocycles. The van der Waals surface area contributed by atoms with Crippen LogP contribution >= 0.6 is 0 Å². The van der Waals surface area contributed by atoms with Crippen molar-refractivity contribution in [1.82, 2.24) is 0 Å². The fraction of sp³-hybridized carbons (Fsp3) is 0.188. The number of benzene rings is 1. The van der Waals surface area contributed by atoms with E-state index in [1.165, 1.54) is 30.4 Å². The van der Waals surface area contributed by atoms with Crippen molar-refractivity contribution in [3.63, 3.8) is 0 Å². The number of allylic oxidation sites excluding steroid dienone is 4. The van der Waals surface area contributed by atoms with Crippen molar-refractivity contribution in [2.75, 3.05) is 5.32 Å². The van der Waals surface area contributed by atoms with Crippen molar-refractivity contribution in [2.45, 2.75) is 19.0 Å². The van der Waals surface area contributed by atoms with E-state index in [-0.39, 0.29) is 17.3 Å². The normalized spacial score (nSPS) is 14.7. The summed E-state index contributed by atoms with van der Waals surface area (Å²) in [7, 11) is 0. The number of rotatable bonds is 4. The van der Waals surface area contributed by atoms with E-state index in [4.69, 9.17) is 0 Å². The quantitative estimate of drug-likeness (QED) is 0.867. The third-order valence-corrected chi connectivity index (χ3v) is 3.18. The number of carbonyl (C=O) groups is 3. The minimum Gasteiger partial charge on any atom is -0.318 e. The van der Waals surface area contributed by atoms with E-state index in [1.807, 2.05) is 0 Å². The van der Waals surface area contributed by atoms with Gasteiger partial charge in [0, 0.05) is 11.3 Å². The summed E-state index contributed by atoms with van der Waals surface area (Å²) in [4.78, 5) is 33.6. The molecule has 0 fully saturated rings. The molecular weight excluding hydrogens is 311 g/mol. The van der Waals surface area contributed by atoms with Gasteiger partial charge < -0.3 is 5.32 Å². The van der Waals surface area contributed by atoms with Crippen LogP contribution in [0, 0.1) is 0 Å². The predicted molar refractivity (Wildman–Crippen MR) is 76.7 cm³/mol. The molecule has 0 unspecified atom stereocenters. The Morgan fingerprint density at radius 1 is 1.00 bits per heavy atom. The van der Waals surface area contributed by atoms with Gasteiger partial charge in [0.25, 0.3) is 0 Å². The summed E-state index contributed by atoms with van der Waals surface area (Å²) in [5.41, 5.74) is 1.19. The van der Waals surface area contributed by atoms with Gasteiger partial charge in [-0.3, -0.25) is 14.4 Å². The summed E-state index contributed by atoms with van der Waals surface area (Å²) in [6, 6.07) is 5.80. The lowest BCUT2D eigenvalue weighted by Crippen LogP contribution is -2.29. The van der Waals surface area contributed by atoms with Gasteiger partial charge in [-0.05, 0) is 48.8 Å². The summed E-state index contributed by atoms with van der Waals surface area (Å²) in [6.07, 6.45) is -0.445. The molecule has 1 aliphatic rings. The smallest absolute Gasteiger partial charge is 0.318 e. The molecule has 0 saturated carbocycles. The highest BCUT2D eigenvalue weighted by Crippen LogP contribution is 2.19. The monoisotopic (exact) mass is 323 g/mol. The summed E-state index contributed by atoms with van der Waals surface area (Å²) in [5, 5.41) is 1.74. The van der Waals surface area contributed by atoms with E-state index in [1.54, 1.807) is 17.4 Å². The van der Waals surface area contributed by atoms with Crippen LogP contribution in [0.25, 0.3) is 0 Å². The van der Waals surface area contributed by atoms with E-state index in [0.717, 1.165) is 5.56 Å². The van der Waals surface area contributed by atoms with Crippen molar-refractivity contribution in [2.24, 2.45) is 0 Å². The highest BCUT2D eigenvalue weighted by molar-refractivity contribution is 6.17. The maximum absolute atomic E-state index is 12.1. The van der Waals surface area contributed by atoms with E-state index in [2.05, 4.69) is 0 Å². The minimum atomic E-state index is -4.94. The standard InChI is InChI=1S/C16H12F3NO3/c17-16(18,19)15(23)20-12-5-2-10(3-6-12)1-4-11-9-13(21)7-8-14(11)22/h2-3,5-9H,1,4H2,(H,20,23). The SMILES string of the molecule is O=C1C=CC(=O)C(CCc2ccc(NC(=O)C(F)(F)F)cc2)=C1. The zero-order valence-corrected chi connectivity index (χ0v) is 11.8. The van der Waals surface area contributed by atoms with Gasteiger partial charge in [0.15, 0.2) is 11.6 Å². The number of nitrogens with one attached hydrogen (secondary N) is 1. The molecule has 1 aromatic carbocycles. The maximum atomic E-state index is 12.1. The van der Waals surface area contributed by atoms with Crippen molar-refractivity contribution >= 4 is 23.2 Å². The lowest BCUT2D eigenvalue weighted by atomic mass is 9.97. The Kier molecular flexibility index (Phi) is 4.78. The van der Waals surface area contributed by atoms with Crippen molar-refractivity contribution in [3.05, 3.63) is 53.6 Å². The van der Waals surface area contributed by atoms with Gasteiger partial charge in [0.1, 0.15) is 0 Å². The molecule has 0 aliphatic heterocycles. The third-order valence-electron chi connectivity index (χ3n) is 3.18. The number of hydrogen-bond acceptors (Lipinski definition) is 3. The molecule has 0 radical (unpaired) electrons. The molecule has 0 heterocycles. The average Bonchev–Trinajstić information content (AvgIpc) is 2.48. The largest absolute Gasteiger partial charge is 0.471 e. The summed E-state index contributed by atoms with van der Waals surface area (Å²) in [6.45, 7) is 0. The minimum absolute atomic E-state index is 0.0298. The molecule has 1 aliphatic carbocycles. The van der Waals surface area contributed by atoms with Gasteiger partial charge in [0.05, 0.1) is 0 Å². The summed E-state index contributed by atoms with van der Waals surface area (Å²) >= 11 is 0. The summed E-state index contributed by atoms with van der Waals surface area (Å²) < 4.78 is 36.4. The van der Waals surface area contributed by atoms with Crippen LogP contribution in [0.4, 0.5) is 18.9 Å². The molecule has 1 aromatic rings. The van der Waals surface area contributed by atoms with Crippen LogP contribution in [0.15, 0.2) is 48.1 Å². The Balaban J connectivity index is 1.94. The van der Waals surface area contributed by atoms with Gasteiger partial charge in [-0.1, -0.05) is 12.1 Å². The second-order valence-electron chi connectivity index (χ2n) is 4.92.